The van der Waals surface area contributed by atoms with Crippen molar-refractivity contribution in [2.24, 2.45) is 0 Å². The number of hydrogen-bond donors (Lipinski definition) is 0. The first-order valence-electron chi connectivity index (χ1n) is 4.73. The summed E-state index contributed by atoms with van der Waals surface area (Å²) in [6, 6.07) is 0. The fraction of sp³-hybridized carbons (Fsp3) is 0.700. The third-order valence-electron chi connectivity index (χ3n) is 2.45. The van der Waals surface area contributed by atoms with Crippen molar-refractivity contribution in [3.8, 4) is 0 Å². The molecule has 13 heavy (non-hydrogen) atoms. The van der Waals surface area contributed by atoms with Crippen molar-refractivity contribution in [1.29, 1.82) is 0 Å². The van der Waals surface area contributed by atoms with E-state index in [4.69, 9.17) is 0 Å². The highest BCUT2D eigenvalue weighted by molar-refractivity contribution is 5.22. The summed E-state index contributed by atoms with van der Waals surface area (Å²) in [4.78, 5) is 2.31. The summed E-state index contributed by atoms with van der Waals surface area (Å²) >= 11 is 0. The van der Waals surface area contributed by atoms with E-state index in [1.807, 2.05) is 6.20 Å². The van der Waals surface area contributed by atoms with E-state index in [2.05, 4.69) is 42.5 Å². The van der Waals surface area contributed by atoms with Gasteiger partial charge in [-0.25, -0.2) is 0 Å². The Morgan fingerprint density at radius 1 is 1.31 bits per heavy atom. The molecule has 3 heteroatoms. The topological polar surface area (TPSA) is 21.1 Å². The number of fused-ring (bicyclic) bond motifs is 1. The van der Waals surface area contributed by atoms with Crippen LogP contribution in [0.4, 0.5) is 0 Å². The fourth-order valence-electron chi connectivity index (χ4n) is 1.89. The Kier molecular flexibility index (Phi) is 1.74. The summed E-state index contributed by atoms with van der Waals surface area (Å²) in [5, 5.41) is 4.43. The van der Waals surface area contributed by atoms with E-state index >= 15 is 0 Å². The smallest absolute Gasteiger partial charge is 0.0575 e. The average Bonchev–Trinajstić information content (AvgIpc) is 2.41. The molecule has 0 saturated carbocycles. The normalized spacial score (nSPS) is 17.8. The first kappa shape index (κ1) is 8.75. The van der Waals surface area contributed by atoms with Gasteiger partial charge >= 0.3 is 0 Å². The standard InChI is InChI=1S/C10H17N3/c1-10(2,3)13-9-7-12(4)6-8(9)5-11-13/h5H,6-7H2,1-4H3. The van der Waals surface area contributed by atoms with Gasteiger partial charge < -0.3 is 0 Å². The molecular weight excluding hydrogens is 162 g/mol. The number of hydrogen-bond acceptors (Lipinski definition) is 2. The van der Waals surface area contributed by atoms with Crippen LogP contribution in [0.2, 0.25) is 0 Å². The first-order chi connectivity index (χ1) is 5.98. The van der Waals surface area contributed by atoms with Crippen LogP contribution in [0.25, 0.3) is 0 Å². The number of rotatable bonds is 0. The van der Waals surface area contributed by atoms with Gasteiger partial charge in [0.05, 0.1) is 17.4 Å². The Hall–Kier alpha value is -0.830. The minimum Gasteiger partial charge on any atom is -0.296 e. The predicted octanol–water partition coefficient (Wildman–Crippen LogP) is 1.58. The van der Waals surface area contributed by atoms with Gasteiger partial charge in [0.1, 0.15) is 0 Å². The van der Waals surface area contributed by atoms with Crippen LogP contribution < -0.4 is 0 Å². The molecule has 0 radical (unpaired) electrons. The second kappa shape index (κ2) is 2.58. The maximum Gasteiger partial charge on any atom is 0.0575 e. The molecule has 3 nitrogen and oxygen atoms in total. The number of nitrogens with zero attached hydrogens (tertiary/aromatic N) is 3. The van der Waals surface area contributed by atoms with Crippen molar-refractivity contribution < 1.29 is 0 Å². The second-order valence-electron chi connectivity index (χ2n) is 4.87. The number of aromatic nitrogens is 2. The zero-order valence-corrected chi connectivity index (χ0v) is 8.83. The molecule has 0 aromatic carbocycles. The van der Waals surface area contributed by atoms with Crippen LogP contribution in [-0.2, 0) is 18.6 Å². The summed E-state index contributed by atoms with van der Waals surface area (Å²) in [5.41, 5.74) is 2.88. The highest BCUT2D eigenvalue weighted by atomic mass is 15.3. The first-order valence-corrected chi connectivity index (χ1v) is 4.73. The molecule has 0 unspecified atom stereocenters. The minimum absolute atomic E-state index is 0.110. The Bertz CT molecular complexity index is 319. The van der Waals surface area contributed by atoms with Gasteiger partial charge in [-0.3, -0.25) is 9.58 Å². The quantitative estimate of drug-likeness (QED) is 0.603. The lowest BCUT2D eigenvalue weighted by Crippen LogP contribution is -2.26. The van der Waals surface area contributed by atoms with Crippen LogP contribution in [0, 0.1) is 0 Å². The summed E-state index contributed by atoms with van der Waals surface area (Å²) in [5.74, 6) is 0. The van der Waals surface area contributed by atoms with Crippen molar-refractivity contribution in [1.82, 2.24) is 14.7 Å². The van der Waals surface area contributed by atoms with Crippen LogP contribution in [0.5, 0.6) is 0 Å². The highest BCUT2D eigenvalue weighted by Crippen LogP contribution is 2.25. The van der Waals surface area contributed by atoms with Gasteiger partial charge in [-0.2, -0.15) is 5.10 Å². The maximum absolute atomic E-state index is 4.43. The van der Waals surface area contributed by atoms with E-state index in [-0.39, 0.29) is 5.54 Å². The third-order valence-corrected chi connectivity index (χ3v) is 2.45. The average molecular weight is 179 g/mol. The van der Waals surface area contributed by atoms with Crippen molar-refractivity contribution in [2.45, 2.75) is 39.4 Å². The Balaban J connectivity index is 2.42. The lowest BCUT2D eigenvalue weighted by molar-refractivity contribution is 0.305. The molecule has 2 rings (SSSR count). The van der Waals surface area contributed by atoms with Crippen LogP contribution in [0.3, 0.4) is 0 Å². The van der Waals surface area contributed by atoms with E-state index < -0.39 is 0 Å². The maximum atomic E-state index is 4.43. The minimum atomic E-state index is 0.110. The van der Waals surface area contributed by atoms with Crippen LogP contribution in [0.1, 0.15) is 32.0 Å². The molecule has 2 heterocycles. The lowest BCUT2D eigenvalue weighted by atomic mass is 10.1. The van der Waals surface area contributed by atoms with Gasteiger partial charge in [-0.1, -0.05) is 0 Å². The van der Waals surface area contributed by atoms with Gasteiger partial charge in [0, 0.05) is 18.7 Å². The molecule has 1 aromatic rings. The van der Waals surface area contributed by atoms with Gasteiger partial charge in [-0.05, 0) is 27.8 Å². The molecule has 1 aromatic heterocycles. The second-order valence-corrected chi connectivity index (χ2v) is 4.87. The SMILES string of the molecule is CN1Cc2cnn(C(C)(C)C)c2C1. The fourth-order valence-corrected chi connectivity index (χ4v) is 1.89. The molecule has 1 aliphatic rings. The third kappa shape index (κ3) is 1.37. The summed E-state index contributed by atoms with van der Waals surface area (Å²) in [6.07, 6.45) is 2.00. The molecule has 0 spiro atoms. The molecule has 72 valence electrons. The Labute approximate surface area is 79.3 Å². The zero-order chi connectivity index (χ0) is 9.64. The van der Waals surface area contributed by atoms with E-state index in [9.17, 15) is 0 Å². The van der Waals surface area contributed by atoms with E-state index in [0.717, 1.165) is 13.1 Å². The van der Waals surface area contributed by atoms with Crippen molar-refractivity contribution in [3.05, 3.63) is 17.5 Å². The van der Waals surface area contributed by atoms with E-state index in [1.54, 1.807) is 0 Å². The largest absolute Gasteiger partial charge is 0.296 e. The van der Waals surface area contributed by atoms with Gasteiger partial charge in [0.15, 0.2) is 0 Å². The summed E-state index contributed by atoms with van der Waals surface area (Å²) in [7, 11) is 2.15. The van der Waals surface area contributed by atoms with E-state index in [0.29, 0.717) is 0 Å². The Morgan fingerprint density at radius 3 is 2.62 bits per heavy atom. The lowest BCUT2D eigenvalue weighted by Gasteiger charge is -2.22. The summed E-state index contributed by atoms with van der Waals surface area (Å²) < 4.78 is 2.14. The predicted molar refractivity (Wildman–Crippen MR) is 52.4 cm³/mol. The van der Waals surface area contributed by atoms with Crippen LogP contribution in [0.15, 0.2) is 6.20 Å². The highest BCUT2D eigenvalue weighted by Gasteiger charge is 2.25. The molecule has 0 bridgehead atoms. The molecule has 0 aliphatic carbocycles. The van der Waals surface area contributed by atoms with Gasteiger partial charge in [0.25, 0.3) is 0 Å². The summed E-state index contributed by atoms with van der Waals surface area (Å²) in [6.45, 7) is 8.66. The van der Waals surface area contributed by atoms with Crippen LogP contribution in [-0.4, -0.2) is 21.7 Å². The van der Waals surface area contributed by atoms with Gasteiger partial charge in [-0.15, -0.1) is 0 Å². The zero-order valence-electron chi connectivity index (χ0n) is 8.83. The molecular formula is C10H17N3. The molecule has 0 fully saturated rings. The van der Waals surface area contributed by atoms with Gasteiger partial charge in [0.2, 0.25) is 0 Å². The molecule has 0 amide bonds. The monoisotopic (exact) mass is 179 g/mol. The van der Waals surface area contributed by atoms with Crippen molar-refractivity contribution in [3.63, 3.8) is 0 Å². The van der Waals surface area contributed by atoms with Crippen LogP contribution >= 0.6 is 0 Å². The molecule has 0 atom stereocenters. The van der Waals surface area contributed by atoms with Crippen molar-refractivity contribution >= 4 is 0 Å². The molecule has 0 N–H and O–H groups in total. The van der Waals surface area contributed by atoms with Crippen molar-refractivity contribution in [2.75, 3.05) is 7.05 Å². The Morgan fingerprint density at radius 2 is 2.00 bits per heavy atom. The van der Waals surface area contributed by atoms with E-state index in [1.165, 1.54) is 11.3 Å². The molecule has 0 saturated heterocycles. The molecule has 1 aliphatic heterocycles.